The van der Waals surface area contributed by atoms with Crippen LogP contribution < -0.4 is 10.6 Å². The second kappa shape index (κ2) is 5.43. The Labute approximate surface area is 116 Å². The summed E-state index contributed by atoms with van der Waals surface area (Å²) < 4.78 is 0. The van der Waals surface area contributed by atoms with Gasteiger partial charge in [-0.1, -0.05) is 26.7 Å². The molecule has 2 N–H and O–H groups in total. The molecule has 0 bridgehead atoms. The van der Waals surface area contributed by atoms with Crippen LogP contribution in [0, 0.1) is 17.8 Å². The third-order valence-corrected chi connectivity index (χ3v) is 5.97. The van der Waals surface area contributed by atoms with Crippen LogP contribution in [0.3, 0.4) is 0 Å². The van der Waals surface area contributed by atoms with E-state index in [2.05, 4.69) is 24.5 Å². The van der Waals surface area contributed by atoms with Crippen LogP contribution in [0.1, 0.15) is 58.8 Å². The van der Waals surface area contributed by atoms with Gasteiger partial charge >= 0.3 is 0 Å². The Bertz CT molecular complexity index is 330. The summed E-state index contributed by atoms with van der Waals surface area (Å²) in [5.41, 5.74) is 0. The summed E-state index contributed by atoms with van der Waals surface area (Å²) in [5, 5.41) is 6.89. The lowest BCUT2D eigenvalue weighted by molar-refractivity contribution is -0.123. The number of nitrogens with one attached hydrogen (secondary N) is 2. The number of fused-ring (bicyclic) bond motifs is 1. The Kier molecular flexibility index (Phi) is 3.84. The highest BCUT2D eigenvalue weighted by atomic mass is 16.2. The van der Waals surface area contributed by atoms with E-state index in [9.17, 15) is 4.79 Å². The summed E-state index contributed by atoms with van der Waals surface area (Å²) in [6.45, 7) is 4.59. The van der Waals surface area contributed by atoms with E-state index in [0.717, 1.165) is 24.7 Å². The first kappa shape index (κ1) is 13.4. The van der Waals surface area contributed by atoms with Crippen molar-refractivity contribution in [3.63, 3.8) is 0 Å². The average Bonchev–Trinajstić information content (AvgIpc) is 2.97. The first-order chi connectivity index (χ1) is 9.15. The van der Waals surface area contributed by atoms with Gasteiger partial charge in [0.05, 0.1) is 6.04 Å². The van der Waals surface area contributed by atoms with Crippen LogP contribution in [0.5, 0.6) is 0 Å². The lowest BCUT2D eigenvalue weighted by atomic mass is 9.85. The van der Waals surface area contributed by atoms with Crippen LogP contribution in [0.15, 0.2) is 0 Å². The Hall–Kier alpha value is -0.570. The van der Waals surface area contributed by atoms with Crippen molar-refractivity contribution < 1.29 is 4.79 Å². The normalized spacial score (nSPS) is 46.0. The Morgan fingerprint density at radius 2 is 1.89 bits per heavy atom. The molecule has 0 aromatic heterocycles. The van der Waals surface area contributed by atoms with Crippen molar-refractivity contribution in [2.24, 2.45) is 17.8 Å². The average molecular weight is 264 g/mol. The van der Waals surface area contributed by atoms with Gasteiger partial charge < -0.3 is 10.6 Å². The van der Waals surface area contributed by atoms with Gasteiger partial charge in [-0.25, -0.2) is 0 Å². The maximum Gasteiger partial charge on any atom is 0.237 e. The molecular formula is C16H28N2O. The van der Waals surface area contributed by atoms with Crippen molar-refractivity contribution in [3.8, 4) is 0 Å². The van der Waals surface area contributed by atoms with Crippen molar-refractivity contribution in [1.29, 1.82) is 0 Å². The first-order valence-corrected chi connectivity index (χ1v) is 8.21. The molecule has 3 nitrogen and oxygen atoms in total. The van der Waals surface area contributed by atoms with E-state index in [4.69, 9.17) is 0 Å². The lowest BCUT2D eigenvalue weighted by Gasteiger charge is -2.24. The number of hydrogen-bond acceptors (Lipinski definition) is 2. The fraction of sp³-hybridized carbons (Fsp3) is 0.938. The molecule has 0 aromatic rings. The SMILES string of the molecule is CC1CCC(NC(=O)C2CC3CCCCC3N2)C1C. The van der Waals surface area contributed by atoms with E-state index < -0.39 is 0 Å². The van der Waals surface area contributed by atoms with Gasteiger partial charge in [-0.3, -0.25) is 4.79 Å². The predicted octanol–water partition coefficient (Wildman–Crippen LogP) is 2.46. The van der Waals surface area contributed by atoms with Gasteiger partial charge in [-0.05, 0) is 49.9 Å². The smallest absolute Gasteiger partial charge is 0.237 e. The van der Waals surface area contributed by atoms with E-state index in [1.165, 1.54) is 32.1 Å². The summed E-state index contributed by atoms with van der Waals surface area (Å²) in [6, 6.07) is 1.10. The van der Waals surface area contributed by atoms with Gasteiger partial charge in [0.1, 0.15) is 0 Å². The van der Waals surface area contributed by atoms with Gasteiger partial charge in [0, 0.05) is 12.1 Å². The van der Waals surface area contributed by atoms with Crippen molar-refractivity contribution in [1.82, 2.24) is 10.6 Å². The molecule has 3 fully saturated rings. The van der Waals surface area contributed by atoms with Gasteiger partial charge in [0.2, 0.25) is 5.91 Å². The summed E-state index contributed by atoms with van der Waals surface area (Å²) in [7, 11) is 0. The Morgan fingerprint density at radius 3 is 2.58 bits per heavy atom. The van der Waals surface area contributed by atoms with E-state index in [1.807, 2.05) is 0 Å². The number of carbonyl (C=O) groups is 1. The van der Waals surface area contributed by atoms with E-state index in [0.29, 0.717) is 18.0 Å². The fourth-order valence-electron chi connectivity index (χ4n) is 4.37. The van der Waals surface area contributed by atoms with Gasteiger partial charge in [-0.15, -0.1) is 0 Å². The largest absolute Gasteiger partial charge is 0.352 e. The summed E-state index contributed by atoms with van der Waals surface area (Å²) in [5.74, 6) is 2.40. The molecule has 0 radical (unpaired) electrons. The number of rotatable bonds is 2. The summed E-state index contributed by atoms with van der Waals surface area (Å²) in [4.78, 5) is 12.4. The van der Waals surface area contributed by atoms with Crippen LogP contribution in [-0.2, 0) is 4.79 Å². The van der Waals surface area contributed by atoms with Gasteiger partial charge in [0.25, 0.3) is 0 Å². The van der Waals surface area contributed by atoms with Crippen LogP contribution in [-0.4, -0.2) is 24.0 Å². The highest BCUT2D eigenvalue weighted by Crippen LogP contribution is 2.34. The third-order valence-electron chi connectivity index (χ3n) is 5.97. The quantitative estimate of drug-likeness (QED) is 0.804. The predicted molar refractivity (Wildman–Crippen MR) is 76.8 cm³/mol. The molecule has 1 aliphatic heterocycles. The second-order valence-corrected chi connectivity index (χ2v) is 7.13. The first-order valence-electron chi connectivity index (χ1n) is 8.21. The van der Waals surface area contributed by atoms with Gasteiger partial charge in [-0.2, -0.15) is 0 Å². The van der Waals surface area contributed by atoms with Crippen molar-refractivity contribution in [2.45, 2.75) is 76.9 Å². The molecule has 108 valence electrons. The fourth-order valence-corrected chi connectivity index (χ4v) is 4.37. The molecule has 6 atom stereocenters. The van der Waals surface area contributed by atoms with Crippen LogP contribution >= 0.6 is 0 Å². The molecule has 3 rings (SSSR count). The second-order valence-electron chi connectivity index (χ2n) is 7.13. The number of amides is 1. The Morgan fingerprint density at radius 1 is 1.11 bits per heavy atom. The van der Waals surface area contributed by atoms with E-state index in [-0.39, 0.29) is 11.9 Å². The molecule has 3 aliphatic rings. The molecule has 0 aromatic carbocycles. The highest BCUT2D eigenvalue weighted by Gasteiger charge is 2.39. The molecular weight excluding hydrogens is 236 g/mol. The summed E-state index contributed by atoms with van der Waals surface area (Å²) >= 11 is 0. The van der Waals surface area contributed by atoms with Crippen molar-refractivity contribution in [2.75, 3.05) is 0 Å². The standard InChI is InChI=1S/C16H28N2O/c1-10-7-8-13(11(10)2)18-16(19)15-9-12-5-3-4-6-14(12)17-15/h10-15,17H,3-9H2,1-2H3,(H,18,19). The molecule has 2 aliphatic carbocycles. The van der Waals surface area contributed by atoms with Crippen molar-refractivity contribution in [3.05, 3.63) is 0 Å². The van der Waals surface area contributed by atoms with Crippen LogP contribution in [0.2, 0.25) is 0 Å². The van der Waals surface area contributed by atoms with Crippen LogP contribution in [0.25, 0.3) is 0 Å². The highest BCUT2D eigenvalue weighted by molar-refractivity contribution is 5.82. The van der Waals surface area contributed by atoms with Crippen LogP contribution in [0.4, 0.5) is 0 Å². The molecule has 1 heterocycles. The maximum atomic E-state index is 12.4. The number of hydrogen-bond donors (Lipinski definition) is 2. The zero-order chi connectivity index (χ0) is 13.4. The molecule has 1 amide bonds. The molecule has 1 saturated heterocycles. The molecule has 2 saturated carbocycles. The minimum atomic E-state index is 0.0798. The molecule has 3 heteroatoms. The van der Waals surface area contributed by atoms with E-state index in [1.54, 1.807) is 0 Å². The number of carbonyl (C=O) groups excluding carboxylic acids is 1. The third kappa shape index (κ3) is 2.67. The van der Waals surface area contributed by atoms with E-state index >= 15 is 0 Å². The zero-order valence-corrected chi connectivity index (χ0v) is 12.3. The molecule has 19 heavy (non-hydrogen) atoms. The molecule has 0 spiro atoms. The maximum absolute atomic E-state index is 12.4. The van der Waals surface area contributed by atoms with Crippen molar-refractivity contribution >= 4 is 5.91 Å². The monoisotopic (exact) mass is 264 g/mol. The Balaban J connectivity index is 1.54. The van der Waals surface area contributed by atoms with Gasteiger partial charge in [0.15, 0.2) is 0 Å². The minimum Gasteiger partial charge on any atom is -0.352 e. The molecule has 6 unspecified atom stereocenters. The lowest BCUT2D eigenvalue weighted by Crippen LogP contribution is -2.47. The minimum absolute atomic E-state index is 0.0798. The zero-order valence-electron chi connectivity index (χ0n) is 12.3. The summed E-state index contributed by atoms with van der Waals surface area (Å²) in [6.07, 6.45) is 8.76. The topological polar surface area (TPSA) is 41.1 Å².